The summed E-state index contributed by atoms with van der Waals surface area (Å²) in [5, 5.41) is 11.7. The quantitative estimate of drug-likeness (QED) is 0.445. The maximum absolute atomic E-state index is 12.8. The zero-order valence-corrected chi connectivity index (χ0v) is 17.2. The van der Waals surface area contributed by atoms with Gasteiger partial charge in [0.1, 0.15) is 5.00 Å². The van der Waals surface area contributed by atoms with Gasteiger partial charge in [-0.2, -0.15) is 9.47 Å². The minimum absolute atomic E-state index is 0.229. The van der Waals surface area contributed by atoms with Gasteiger partial charge in [0.05, 0.1) is 29.3 Å². The lowest BCUT2D eigenvalue weighted by molar-refractivity contribution is -0.112. The molecule has 0 fully saturated rings. The highest BCUT2D eigenvalue weighted by Crippen LogP contribution is 2.30. The second-order valence-corrected chi connectivity index (χ2v) is 6.95. The maximum Gasteiger partial charge on any atom is 0.412 e. The molecule has 0 spiro atoms. The smallest absolute Gasteiger partial charge is 0.412 e. The van der Waals surface area contributed by atoms with Gasteiger partial charge in [-0.3, -0.25) is 10.1 Å². The van der Waals surface area contributed by atoms with E-state index in [0.29, 0.717) is 28.5 Å². The number of hydrogen-bond acceptors (Lipinski definition) is 7. The molecular weight excluding hydrogens is 390 g/mol. The van der Waals surface area contributed by atoms with E-state index in [1.165, 1.54) is 0 Å². The van der Waals surface area contributed by atoms with E-state index in [2.05, 4.69) is 26.5 Å². The summed E-state index contributed by atoms with van der Waals surface area (Å²) in [6.45, 7) is 9.66. The van der Waals surface area contributed by atoms with Crippen LogP contribution < -0.4 is 10.2 Å². The summed E-state index contributed by atoms with van der Waals surface area (Å²) in [4.78, 5) is 26.2. The van der Waals surface area contributed by atoms with E-state index in [1.807, 2.05) is 31.2 Å². The van der Waals surface area contributed by atoms with Crippen molar-refractivity contribution in [1.29, 1.82) is 0 Å². The third kappa shape index (κ3) is 4.09. The van der Waals surface area contributed by atoms with Gasteiger partial charge in [0.25, 0.3) is 5.91 Å². The van der Waals surface area contributed by atoms with Crippen LogP contribution in [0.15, 0.2) is 47.1 Å². The molecule has 0 aliphatic carbocycles. The third-order valence-electron chi connectivity index (χ3n) is 4.22. The molecule has 9 heteroatoms. The number of hydrogen-bond donors (Lipinski definition) is 1. The van der Waals surface area contributed by atoms with Gasteiger partial charge in [0, 0.05) is 12.1 Å². The van der Waals surface area contributed by atoms with Gasteiger partial charge in [-0.05, 0) is 38.4 Å². The Labute approximate surface area is 172 Å². The number of para-hydroxylation sites is 1. The molecule has 2 amide bonds. The Kier molecular flexibility index (Phi) is 6.18. The van der Waals surface area contributed by atoms with Crippen molar-refractivity contribution in [3.8, 4) is 0 Å². The first-order chi connectivity index (χ1) is 14.0. The van der Waals surface area contributed by atoms with Gasteiger partial charge in [-0.1, -0.05) is 24.3 Å². The van der Waals surface area contributed by atoms with Crippen LogP contribution in [0.4, 0.5) is 15.5 Å². The normalized spacial score (nSPS) is 14.9. The average molecular weight is 411 g/mol. The Bertz CT molecular complexity index is 1020. The van der Waals surface area contributed by atoms with Crippen molar-refractivity contribution < 1.29 is 14.3 Å². The van der Waals surface area contributed by atoms with E-state index in [1.54, 1.807) is 24.8 Å². The molecule has 2 aromatic rings. The van der Waals surface area contributed by atoms with Crippen molar-refractivity contribution in [2.24, 2.45) is 10.2 Å². The van der Waals surface area contributed by atoms with Crippen LogP contribution in [0.2, 0.25) is 0 Å². The third-order valence-corrected chi connectivity index (χ3v) is 5.08. The molecule has 1 aromatic carbocycles. The van der Waals surface area contributed by atoms with E-state index in [9.17, 15) is 9.59 Å². The lowest BCUT2D eigenvalue weighted by atomic mass is 10.1. The Morgan fingerprint density at radius 2 is 2.17 bits per heavy atom. The number of carbonyl (C=O) groups is 2. The first kappa shape index (κ1) is 20.4. The lowest BCUT2D eigenvalue weighted by Gasteiger charge is -2.13. The first-order valence-electron chi connectivity index (χ1n) is 9.02. The number of aryl methyl sites for hydroxylation is 1. The maximum atomic E-state index is 12.8. The fourth-order valence-corrected chi connectivity index (χ4v) is 3.82. The largest absolute Gasteiger partial charge is 0.450 e. The minimum Gasteiger partial charge on any atom is -0.450 e. The molecule has 150 valence electrons. The molecule has 0 atom stereocenters. The molecule has 1 aliphatic rings. The monoisotopic (exact) mass is 411 g/mol. The molecule has 1 aliphatic heterocycles. The number of nitrogens with zero attached hydrogens (tertiary/aromatic N) is 4. The Morgan fingerprint density at radius 1 is 1.41 bits per heavy atom. The summed E-state index contributed by atoms with van der Waals surface area (Å²) in [7, 11) is 0. The topological polar surface area (TPSA) is 96.3 Å². The number of anilines is 2. The minimum atomic E-state index is -0.559. The van der Waals surface area contributed by atoms with Crippen LogP contribution in [0.1, 0.15) is 30.7 Å². The van der Waals surface area contributed by atoms with Crippen LogP contribution in [0.5, 0.6) is 0 Å². The van der Waals surface area contributed by atoms with E-state index >= 15 is 0 Å². The predicted molar refractivity (Wildman–Crippen MR) is 115 cm³/mol. The fourth-order valence-electron chi connectivity index (χ4n) is 2.98. The predicted octanol–water partition coefficient (Wildman–Crippen LogP) is 3.77. The van der Waals surface area contributed by atoms with E-state index < -0.39 is 6.09 Å². The number of aromatic nitrogens is 1. The van der Waals surface area contributed by atoms with E-state index in [0.717, 1.165) is 22.8 Å². The van der Waals surface area contributed by atoms with Gasteiger partial charge >= 0.3 is 6.09 Å². The van der Waals surface area contributed by atoms with Gasteiger partial charge in [0.15, 0.2) is 5.71 Å². The highest BCUT2D eigenvalue weighted by Gasteiger charge is 2.33. The SMILES string of the molecule is C=CCN1C(=O)/C(=N/N=C(\C)c2c(C)nsc2NC(=O)OCC)c2ccccc21. The van der Waals surface area contributed by atoms with Gasteiger partial charge < -0.3 is 9.64 Å². The van der Waals surface area contributed by atoms with Crippen LogP contribution in [0.25, 0.3) is 0 Å². The number of ether oxygens (including phenoxy) is 1. The molecule has 0 saturated carbocycles. The summed E-state index contributed by atoms with van der Waals surface area (Å²) >= 11 is 1.14. The molecule has 0 radical (unpaired) electrons. The molecule has 0 unspecified atom stereocenters. The van der Waals surface area contributed by atoms with Crippen LogP contribution in [-0.4, -0.2) is 40.9 Å². The standard InChI is InChI=1S/C20H21N5O3S/c1-5-11-25-15-10-8-7-9-14(15)17(19(25)26)23-22-12(3)16-13(4)24-29-18(16)21-20(27)28-6-2/h5,7-10H,1,6,11H2,2-4H3,(H,21,27)/b22-12+,23-17+. The Balaban J connectivity index is 1.95. The summed E-state index contributed by atoms with van der Waals surface area (Å²) in [6.07, 6.45) is 1.11. The van der Waals surface area contributed by atoms with Crippen molar-refractivity contribution >= 4 is 45.6 Å². The van der Waals surface area contributed by atoms with Crippen LogP contribution in [0.3, 0.4) is 0 Å². The zero-order chi connectivity index (χ0) is 21.0. The number of nitrogens with one attached hydrogen (secondary N) is 1. The molecule has 1 aromatic heterocycles. The van der Waals surface area contributed by atoms with E-state index in [4.69, 9.17) is 4.74 Å². The molecule has 1 N–H and O–H groups in total. The number of carbonyl (C=O) groups excluding carboxylic acids is 2. The number of rotatable bonds is 6. The molecule has 3 rings (SSSR count). The Morgan fingerprint density at radius 3 is 2.90 bits per heavy atom. The summed E-state index contributed by atoms with van der Waals surface area (Å²) in [6, 6.07) is 7.42. The highest BCUT2D eigenvalue weighted by molar-refractivity contribution is 7.11. The lowest BCUT2D eigenvalue weighted by Crippen LogP contribution is -2.30. The second-order valence-electron chi connectivity index (χ2n) is 6.17. The number of amides is 2. The highest BCUT2D eigenvalue weighted by atomic mass is 32.1. The van der Waals surface area contributed by atoms with Crippen molar-refractivity contribution in [2.45, 2.75) is 20.8 Å². The zero-order valence-electron chi connectivity index (χ0n) is 16.4. The van der Waals surface area contributed by atoms with Crippen molar-refractivity contribution in [3.05, 3.63) is 53.7 Å². The average Bonchev–Trinajstić information content (AvgIpc) is 3.18. The molecule has 0 bridgehead atoms. The van der Waals surface area contributed by atoms with Crippen molar-refractivity contribution in [2.75, 3.05) is 23.4 Å². The van der Waals surface area contributed by atoms with Gasteiger partial charge in [-0.25, -0.2) is 4.79 Å². The van der Waals surface area contributed by atoms with Crippen molar-refractivity contribution in [1.82, 2.24) is 4.37 Å². The van der Waals surface area contributed by atoms with Crippen LogP contribution in [0, 0.1) is 6.92 Å². The fraction of sp³-hybridized carbons (Fsp3) is 0.250. The molecule has 0 saturated heterocycles. The molecular formula is C20H21N5O3S. The summed E-state index contributed by atoms with van der Waals surface area (Å²) < 4.78 is 9.20. The second kappa shape index (κ2) is 8.78. The summed E-state index contributed by atoms with van der Waals surface area (Å²) in [5.74, 6) is -0.229. The number of benzene rings is 1. The van der Waals surface area contributed by atoms with Crippen molar-refractivity contribution in [3.63, 3.8) is 0 Å². The number of fused-ring (bicyclic) bond motifs is 1. The first-order valence-corrected chi connectivity index (χ1v) is 9.80. The molecule has 29 heavy (non-hydrogen) atoms. The summed E-state index contributed by atoms with van der Waals surface area (Å²) in [5.41, 5.74) is 3.66. The molecule has 2 heterocycles. The molecule has 8 nitrogen and oxygen atoms in total. The van der Waals surface area contributed by atoms with Crippen LogP contribution in [-0.2, 0) is 9.53 Å². The Hall–Kier alpha value is -3.33. The van der Waals surface area contributed by atoms with Gasteiger partial charge in [0.2, 0.25) is 0 Å². The van der Waals surface area contributed by atoms with Gasteiger partial charge in [-0.15, -0.1) is 11.7 Å². The van der Waals surface area contributed by atoms with Crippen LogP contribution >= 0.6 is 11.5 Å². The van der Waals surface area contributed by atoms with E-state index in [-0.39, 0.29) is 18.2 Å².